The Bertz CT molecular complexity index is 444. The van der Waals surface area contributed by atoms with Gasteiger partial charge < -0.3 is 4.90 Å². The fourth-order valence-electron chi connectivity index (χ4n) is 2.81. The number of urea groups is 1. The van der Waals surface area contributed by atoms with Crippen molar-refractivity contribution in [2.45, 2.75) is 33.6 Å². The number of para-hydroxylation sites is 1. The number of benzene rings is 1. The number of likely N-dealkylation sites (tertiary alicyclic amines) is 1. The predicted molar refractivity (Wildman–Crippen MR) is 79.6 cm³/mol. The SMILES string of the molecule is CCN(C(=O)N1CCCC(C)C1)c1ccccc1C. The third kappa shape index (κ3) is 3.09. The molecule has 1 unspecified atom stereocenters. The third-order valence-electron chi connectivity index (χ3n) is 3.88. The topological polar surface area (TPSA) is 23.6 Å². The van der Waals surface area contributed by atoms with Gasteiger partial charge in [-0.3, -0.25) is 4.90 Å². The minimum Gasteiger partial charge on any atom is -0.324 e. The monoisotopic (exact) mass is 260 g/mol. The minimum absolute atomic E-state index is 0.156. The number of aryl methyl sites for hydroxylation is 1. The average molecular weight is 260 g/mol. The first kappa shape index (κ1) is 13.9. The lowest BCUT2D eigenvalue weighted by Gasteiger charge is -2.35. The van der Waals surface area contributed by atoms with Crippen molar-refractivity contribution in [1.82, 2.24) is 4.90 Å². The van der Waals surface area contributed by atoms with Gasteiger partial charge in [0.1, 0.15) is 0 Å². The summed E-state index contributed by atoms with van der Waals surface area (Å²) in [6, 6.07) is 8.26. The van der Waals surface area contributed by atoms with Crippen molar-refractivity contribution in [3.8, 4) is 0 Å². The van der Waals surface area contributed by atoms with E-state index in [0.29, 0.717) is 12.5 Å². The standard InChI is InChI=1S/C16H24N2O/c1-4-18(15-10-6-5-9-14(15)3)16(19)17-11-7-8-13(2)12-17/h5-6,9-10,13H,4,7-8,11-12H2,1-3H3. The Morgan fingerprint density at radius 1 is 1.42 bits per heavy atom. The number of amides is 2. The van der Waals surface area contributed by atoms with Crippen molar-refractivity contribution >= 4 is 11.7 Å². The molecule has 0 aromatic heterocycles. The Kier molecular flexibility index (Phi) is 4.46. The highest BCUT2D eigenvalue weighted by atomic mass is 16.2. The lowest BCUT2D eigenvalue weighted by Crippen LogP contribution is -2.47. The van der Waals surface area contributed by atoms with E-state index in [1.54, 1.807) is 0 Å². The first-order chi connectivity index (χ1) is 9.13. The van der Waals surface area contributed by atoms with Gasteiger partial charge in [0.2, 0.25) is 0 Å². The molecule has 0 saturated carbocycles. The van der Waals surface area contributed by atoms with Gasteiger partial charge in [-0.25, -0.2) is 4.79 Å². The number of nitrogens with zero attached hydrogens (tertiary/aromatic N) is 2. The molecule has 0 spiro atoms. The largest absolute Gasteiger partial charge is 0.324 e. The number of piperidine rings is 1. The van der Waals surface area contributed by atoms with Crippen LogP contribution in [-0.4, -0.2) is 30.6 Å². The molecule has 2 amide bonds. The molecule has 1 fully saturated rings. The van der Waals surface area contributed by atoms with E-state index in [-0.39, 0.29) is 6.03 Å². The zero-order valence-corrected chi connectivity index (χ0v) is 12.2. The lowest BCUT2D eigenvalue weighted by molar-refractivity contribution is 0.176. The van der Waals surface area contributed by atoms with Crippen LogP contribution in [0.3, 0.4) is 0 Å². The minimum atomic E-state index is 0.156. The molecule has 3 heteroatoms. The zero-order chi connectivity index (χ0) is 13.8. The number of hydrogen-bond acceptors (Lipinski definition) is 1. The molecule has 0 aliphatic carbocycles. The second-order valence-electron chi connectivity index (χ2n) is 5.51. The zero-order valence-electron chi connectivity index (χ0n) is 12.2. The van der Waals surface area contributed by atoms with Gasteiger partial charge in [-0.2, -0.15) is 0 Å². The van der Waals surface area contributed by atoms with E-state index in [0.717, 1.165) is 30.8 Å². The summed E-state index contributed by atoms with van der Waals surface area (Å²) in [5, 5.41) is 0. The van der Waals surface area contributed by atoms with Crippen LogP contribution in [-0.2, 0) is 0 Å². The predicted octanol–water partition coefficient (Wildman–Crippen LogP) is 3.67. The Labute approximate surface area is 116 Å². The highest BCUT2D eigenvalue weighted by Gasteiger charge is 2.25. The van der Waals surface area contributed by atoms with E-state index < -0.39 is 0 Å². The number of rotatable bonds is 2. The van der Waals surface area contributed by atoms with Crippen molar-refractivity contribution in [3.05, 3.63) is 29.8 Å². The molecular weight excluding hydrogens is 236 g/mol. The summed E-state index contributed by atoms with van der Waals surface area (Å²) in [7, 11) is 0. The molecule has 1 atom stereocenters. The van der Waals surface area contributed by atoms with Crippen LogP contribution in [0, 0.1) is 12.8 Å². The Morgan fingerprint density at radius 3 is 2.79 bits per heavy atom. The fraction of sp³-hybridized carbons (Fsp3) is 0.562. The summed E-state index contributed by atoms with van der Waals surface area (Å²) in [5.74, 6) is 0.619. The number of hydrogen-bond donors (Lipinski definition) is 0. The number of anilines is 1. The smallest absolute Gasteiger partial charge is 0.324 e. The van der Waals surface area contributed by atoms with Crippen molar-refractivity contribution < 1.29 is 4.79 Å². The van der Waals surface area contributed by atoms with Gasteiger partial charge in [-0.1, -0.05) is 25.1 Å². The van der Waals surface area contributed by atoms with E-state index in [9.17, 15) is 4.79 Å². The third-order valence-corrected chi connectivity index (χ3v) is 3.88. The molecule has 1 aromatic rings. The molecule has 1 heterocycles. The van der Waals surface area contributed by atoms with E-state index in [1.165, 1.54) is 6.42 Å². The molecule has 19 heavy (non-hydrogen) atoms. The van der Waals surface area contributed by atoms with Crippen LogP contribution >= 0.6 is 0 Å². The summed E-state index contributed by atoms with van der Waals surface area (Å²) in [6.45, 7) is 8.83. The van der Waals surface area contributed by atoms with E-state index in [2.05, 4.69) is 19.9 Å². The normalized spacial score (nSPS) is 19.3. The van der Waals surface area contributed by atoms with Gasteiger partial charge in [0.25, 0.3) is 0 Å². The summed E-state index contributed by atoms with van der Waals surface area (Å²) < 4.78 is 0. The van der Waals surface area contributed by atoms with Crippen LogP contribution in [0.5, 0.6) is 0 Å². The first-order valence-corrected chi connectivity index (χ1v) is 7.25. The maximum Gasteiger partial charge on any atom is 0.324 e. The Balaban J connectivity index is 2.17. The van der Waals surface area contributed by atoms with Crippen molar-refractivity contribution in [2.75, 3.05) is 24.5 Å². The summed E-state index contributed by atoms with van der Waals surface area (Å²) in [5.41, 5.74) is 2.19. The van der Waals surface area contributed by atoms with Crippen LogP contribution in [0.4, 0.5) is 10.5 Å². The van der Waals surface area contributed by atoms with Crippen LogP contribution < -0.4 is 4.90 Å². The van der Waals surface area contributed by atoms with Gasteiger partial charge in [0.05, 0.1) is 0 Å². The Morgan fingerprint density at radius 2 is 2.16 bits per heavy atom. The molecule has 3 nitrogen and oxygen atoms in total. The van der Waals surface area contributed by atoms with E-state index in [4.69, 9.17) is 0 Å². The van der Waals surface area contributed by atoms with E-state index >= 15 is 0 Å². The fourth-order valence-corrected chi connectivity index (χ4v) is 2.81. The van der Waals surface area contributed by atoms with Crippen molar-refractivity contribution in [3.63, 3.8) is 0 Å². The van der Waals surface area contributed by atoms with Crippen LogP contribution in [0.15, 0.2) is 24.3 Å². The van der Waals surface area contributed by atoms with Gasteiger partial charge in [-0.05, 0) is 44.2 Å². The first-order valence-electron chi connectivity index (χ1n) is 7.25. The number of carbonyl (C=O) groups is 1. The molecule has 0 radical (unpaired) electrons. The summed E-state index contributed by atoms with van der Waals surface area (Å²) >= 11 is 0. The molecule has 1 aliphatic heterocycles. The van der Waals surface area contributed by atoms with E-state index in [1.807, 2.05) is 34.9 Å². The van der Waals surface area contributed by atoms with Crippen LogP contribution in [0.1, 0.15) is 32.3 Å². The summed E-state index contributed by atoms with van der Waals surface area (Å²) in [6.07, 6.45) is 2.36. The molecule has 1 aromatic carbocycles. The molecule has 1 saturated heterocycles. The van der Waals surface area contributed by atoms with Crippen LogP contribution in [0.25, 0.3) is 0 Å². The van der Waals surface area contributed by atoms with Crippen molar-refractivity contribution in [1.29, 1.82) is 0 Å². The van der Waals surface area contributed by atoms with Crippen molar-refractivity contribution in [2.24, 2.45) is 5.92 Å². The molecule has 2 rings (SSSR count). The van der Waals surface area contributed by atoms with Gasteiger partial charge in [-0.15, -0.1) is 0 Å². The average Bonchev–Trinajstić information content (AvgIpc) is 2.41. The van der Waals surface area contributed by atoms with Gasteiger partial charge >= 0.3 is 6.03 Å². The summed E-state index contributed by atoms with van der Waals surface area (Å²) in [4.78, 5) is 16.6. The second-order valence-corrected chi connectivity index (χ2v) is 5.51. The molecular formula is C16H24N2O. The maximum absolute atomic E-state index is 12.7. The van der Waals surface area contributed by atoms with Gasteiger partial charge in [0, 0.05) is 25.3 Å². The highest BCUT2D eigenvalue weighted by Crippen LogP contribution is 2.23. The highest BCUT2D eigenvalue weighted by molar-refractivity contribution is 5.92. The maximum atomic E-state index is 12.7. The lowest BCUT2D eigenvalue weighted by atomic mass is 10.0. The Hall–Kier alpha value is -1.51. The second kappa shape index (κ2) is 6.09. The molecule has 1 aliphatic rings. The number of carbonyl (C=O) groups excluding carboxylic acids is 1. The van der Waals surface area contributed by atoms with Crippen LogP contribution in [0.2, 0.25) is 0 Å². The molecule has 0 bridgehead atoms. The molecule has 0 N–H and O–H groups in total. The van der Waals surface area contributed by atoms with Gasteiger partial charge in [0.15, 0.2) is 0 Å². The quantitative estimate of drug-likeness (QED) is 0.795. The molecule has 104 valence electrons.